The normalized spacial score (nSPS) is 48.0. The molecule has 2 saturated carbocycles. The third-order valence-corrected chi connectivity index (χ3v) is 4.51. The molecule has 0 aromatic carbocycles. The van der Waals surface area contributed by atoms with Crippen LogP contribution in [0.4, 0.5) is 0 Å². The van der Waals surface area contributed by atoms with Gasteiger partial charge in [-0.2, -0.15) is 0 Å². The van der Waals surface area contributed by atoms with E-state index in [1.807, 2.05) is 0 Å². The van der Waals surface area contributed by atoms with Gasteiger partial charge in [0, 0.05) is 0 Å². The zero-order chi connectivity index (χ0) is 12.4. The third-order valence-electron chi connectivity index (χ3n) is 4.51. The molecule has 100 valence electrons. The lowest BCUT2D eigenvalue weighted by Crippen LogP contribution is -2.46. The largest absolute Gasteiger partial charge is 0.393 e. The molecule has 0 saturated heterocycles. The Morgan fingerprint density at radius 1 is 0.706 bits per heavy atom. The minimum Gasteiger partial charge on any atom is -0.393 e. The van der Waals surface area contributed by atoms with Gasteiger partial charge in [-0.3, -0.25) is 0 Å². The molecule has 4 atom stereocenters. The molecule has 17 heavy (non-hydrogen) atoms. The fourth-order valence-corrected chi connectivity index (χ4v) is 3.30. The van der Waals surface area contributed by atoms with Crippen molar-refractivity contribution in [2.24, 2.45) is 11.8 Å². The first-order valence-electron chi connectivity index (χ1n) is 6.80. The van der Waals surface area contributed by atoms with Crippen LogP contribution in [0.15, 0.2) is 0 Å². The predicted octanol–water partition coefficient (Wildman–Crippen LogP) is 0.420. The van der Waals surface area contributed by atoms with Gasteiger partial charge in [0.25, 0.3) is 0 Å². The molecule has 0 amide bonds. The van der Waals surface area contributed by atoms with Crippen LogP contribution in [-0.4, -0.2) is 44.8 Å². The van der Waals surface area contributed by atoms with Crippen LogP contribution in [0.25, 0.3) is 0 Å². The zero-order valence-electron chi connectivity index (χ0n) is 10.2. The molecule has 2 rings (SSSR count). The van der Waals surface area contributed by atoms with Crippen molar-refractivity contribution in [2.75, 3.05) is 0 Å². The first-order chi connectivity index (χ1) is 8.08. The second-order valence-electron chi connectivity index (χ2n) is 5.80. The fraction of sp³-hybridized carbons (Fsp3) is 1.00. The van der Waals surface area contributed by atoms with Crippen molar-refractivity contribution in [1.29, 1.82) is 0 Å². The van der Waals surface area contributed by atoms with Crippen LogP contribution in [0, 0.1) is 11.8 Å². The summed E-state index contributed by atoms with van der Waals surface area (Å²) in [6.45, 7) is 0. The van der Waals surface area contributed by atoms with Gasteiger partial charge in [0.05, 0.1) is 18.3 Å². The summed E-state index contributed by atoms with van der Waals surface area (Å²) < 4.78 is 0. The molecule has 0 aliphatic heterocycles. The lowest BCUT2D eigenvalue weighted by molar-refractivity contribution is -0.114. The number of aliphatic hydroxyl groups excluding tert-OH is 4. The molecule has 0 aromatic rings. The number of hydrogen-bond acceptors (Lipinski definition) is 4. The molecule has 4 heteroatoms. The Bertz CT molecular complexity index is 238. The summed E-state index contributed by atoms with van der Waals surface area (Å²) in [7, 11) is 0. The van der Waals surface area contributed by atoms with Crippen LogP contribution >= 0.6 is 0 Å². The summed E-state index contributed by atoms with van der Waals surface area (Å²) in [6, 6.07) is 0. The summed E-state index contributed by atoms with van der Waals surface area (Å²) >= 11 is 0. The Morgan fingerprint density at radius 2 is 1.35 bits per heavy atom. The zero-order valence-corrected chi connectivity index (χ0v) is 10.2. The van der Waals surface area contributed by atoms with Crippen molar-refractivity contribution in [3.8, 4) is 0 Å². The van der Waals surface area contributed by atoms with Gasteiger partial charge in [0.2, 0.25) is 0 Å². The van der Waals surface area contributed by atoms with Crippen LogP contribution in [-0.2, 0) is 0 Å². The van der Waals surface area contributed by atoms with E-state index in [9.17, 15) is 20.4 Å². The van der Waals surface area contributed by atoms with Crippen molar-refractivity contribution in [2.45, 2.75) is 69.4 Å². The Labute approximate surface area is 102 Å². The van der Waals surface area contributed by atoms with E-state index >= 15 is 0 Å². The average molecular weight is 244 g/mol. The van der Waals surface area contributed by atoms with Gasteiger partial charge >= 0.3 is 0 Å². The van der Waals surface area contributed by atoms with E-state index in [1.165, 1.54) is 0 Å². The van der Waals surface area contributed by atoms with Gasteiger partial charge in [0.15, 0.2) is 0 Å². The highest BCUT2D eigenvalue weighted by Gasteiger charge is 2.37. The third kappa shape index (κ3) is 3.19. The first kappa shape index (κ1) is 13.3. The van der Waals surface area contributed by atoms with E-state index in [0.29, 0.717) is 12.3 Å². The summed E-state index contributed by atoms with van der Waals surface area (Å²) in [4.78, 5) is 0. The van der Waals surface area contributed by atoms with Crippen LogP contribution in [0.1, 0.15) is 44.9 Å². The highest BCUT2D eigenvalue weighted by atomic mass is 16.4. The summed E-state index contributed by atoms with van der Waals surface area (Å²) in [5.74, 6) is 0.661. The monoisotopic (exact) mass is 244 g/mol. The quantitative estimate of drug-likeness (QED) is 0.567. The Hall–Kier alpha value is -0.160. The van der Waals surface area contributed by atoms with Crippen molar-refractivity contribution in [3.05, 3.63) is 0 Å². The second-order valence-corrected chi connectivity index (χ2v) is 5.80. The highest BCUT2D eigenvalue weighted by Crippen LogP contribution is 2.35. The van der Waals surface area contributed by atoms with E-state index in [2.05, 4.69) is 0 Å². The molecule has 2 aliphatic carbocycles. The van der Waals surface area contributed by atoms with E-state index in [0.717, 1.165) is 38.5 Å². The van der Waals surface area contributed by atoms with Crippen LogP contribution in [0.3, 0.4) is 0 Å². The lowest BCUT2D eigenvalue weighted by atomic mass is 9.74. The molecule has 4 unspecified atom stereocenters. The maximum Gasteiger partial charge on any atom is 0.106 e. The van der Waals surface area contributed by atoms with E-state index < -0.39 is 18.3 Å². The Kier molecular flexibility index (Phi) is 4.42. The number of aliphatic hydroxyl groups is 4. The maximum absolute atomic E-state index is 9.93. The minimum absolute atomic E-state index is 0.105. The van der Waals surface area contributed by atoms with E-state index in [-0.39, 0.29) is 12.0 Å². The molecule has 2 fully saturated rings. The van der Waals surface area contributed by atoms with Gasteiger partial charge in [-0.25, -0.2) is 0 Å². The van der Waals surface area contributed by atoms with Crippen LogP contribution < -0.4 is 0 Å². The van der Waals surface area contributed by atoms with Gasteiger partial charge in [0.1, 0.15) is 6.10 Å². The standard InChI is InChI=1S/C13H24O4/c14-10-4-1-8(2-5-10)7-9-3-6-11(15)13(17)12(9)16/h8-17H,1-7H2. The van der Waals surface area contributed by atoms with Crippen molar-refractivity contribution in [3.63, 3.8) is 0 Å². The summed E-state index contributed by atoms with van der Waals surface area (Å²) in [6.07, 6.45) is 3.36. The molecule has 0 spiro atoms. The van der Waals surface area contributed by atoms with Gasteiger partial charge in [-0.1, -0.05) is 0 Å². The Morgan fingerprint density at radius 3 is 2.00 bits per heavy atom. The Balaban J connectivity index is 1.82. The summed E-state index contributed by atoms with van der Waals surface area (Å²) in [5, 5.41) is 38.5. The lowest BCUT2D eigenvalue weighted by Gasteiger charge is -2.38. The molecule has 0 radical (unpaired) electrons. The average Bonchev–Trinajstić information content (AvgIpc) is 2.33. The predicted molar refractivity (Wildman–Crippen MR) is 63.3 cm³/mol. The van der Waals surface area contributed by atoms with Crippen LogP contribution in [0.5, 0.6) is 0 Å². The SMILES string of the molecule is OC1CCC(CC2CCC(O)C(O)C2O)CC1. The smallest absolute Gasteiger partial charge is 0.106 e. The van der Waals surface area contributed by atoms with Gasteiger partial charge < -0.3 is 20.4 Å². The summed E-state index contributed by atoms with van der Waals surface area (Å²) in [5.41, 5.74) is 0. The minimum atomic E-state index is -0.983. The second kappa shape index (κ2) is 5.65. The molecule has 2 aliphatic rings. The highest BCUT2D eigenvalue weighted by molar-refractivity contribution is 4.88. The molecule has 0 heterocycles. The molecule has 0 aromatic heterocycles. The topological polar surface area (TPSA) is 80.9 Å². The number of hydrogen-bond donors (Lipinski definition) is 4. The van der Waals surface area contributed by atoms with Crippen molar-refractivity contribution < 1.29 is 20.4 Å². The van der Waals surface area contributed by atoms with Crippen molar-refractivity contribution >= 4 is 0 Å². The van der Waals surface area contributed by atoms with E-state index in [4.69, 9.17) is 0 Å². The van der Waals surface area contributed by atoms with Crippen molar-refractivity contribution in [1.82, 2.24) is 0 Å². The van der Waals surface area contributed by atoms with Gasteiger partial charge in [-0.15, -0.1) is 0 Å². The molecule has 4 N–H and O–H groups in total. The molecular formula is C13H24O4. The van der Waals surface area contributed by atoms with Crippen LogP contribution in [0.2, 0.25) is 0 Å². The molecular weight excluding hydrogens is 220 g/mol. The van der Waals surface area contributed by atoms with E-state index in [1.54, 1.807) is 0 Å². The fourth-order valence-electron chi connectivity index (χ4n) is 3.30. The maximum atomic E-state index is 9.93. The van der Waals surface area contributed by atoms with Gasteiger partial charge in [-0.05, 0) is 56.8 Å². The molecule has 0 bridgehead atoms. The first-order valence-corrected chi connectivity index (χ1v) is 6.80. The number of rotatable bonds is 2. The molecule has 4 nitrogen and oxygen atoms in total.